The lowest BCUT2D eigenvalue weighted by molar-refractivity contribution is -0.384. The number of carboxylic acid groups (broad SMARTS) is 1. The number of carboxylic acids is 1. The van der Waals surface area contributed by atoms with Gasteiger partial charge in [-0.25, -0.2) is 0 Å². The number of hydrogen-bond acceptors (Lipinski definition) is 6. The van der Waals surface area contributed by atoms with Gasteiger partial charge in [-0.3, -0.25) is 24.5 Å². The van der Waals surface area contributed by atoms with Crippen LogP contribution in [-0.4, -0.2) is 64.9 Å². The molecule has 2 N–H and O–H groups in total. The van der Waals surface area contributed by atoms with E-state index in [9.17, 15) is 24.5 Å². The zero-order chi connectivity index (χ0) is 19.4. The molecular formula is C16H20N4O6. The van der Waals surface area contributed by atoms with Gasteiger partial charge in [-0.05, 0) is 19.1 Å². The van der Waals surface area contributed by atoms with Gasteiger partial charge >= 0.3 is 5.97 Å². The van der Waals surface area contributed by atoms with Crippen LogP contribution in [0.1, 0.15) is 24.2 Å². The zero-order valence-corrected chi connectivity index (χ0v) is 14.5. The molecular weight excluding hydrogens is 344 g/mol. The van der Waals surface area contributed by atoms with Crippen molar-refractivity contribution in [2.75, 3.05) is 31.1 Å². The second kappa shape index (κ2) is 7.81. The highest BCUT2D eigenvalue weighted by Gasteiger charge is 2.26. The van der Waals surface area contributed by atoms with Crippen molar-refractivity contribution in [3.05, 3.63) is 33.9 Å². The summed E-state index contributed by atoms with van der Waals surface area (Å²) in [5.41, 5.74) is 0.133. The fourth-order valence-electron chi connectivity index (χ4n) is 2.68. The molecule has 0 bridgehead atoms. The lowest BCUT2D eigenvalue weighted by Gasteiger charge is -2.35. The van der Waals surface area contributed by atoms with Crippen LogP contribution >= 0.6 is 0 Å². The Labute approximate surface area is 149 Å². The maximum atomic E-state index is 12.1. The topological polar surface area (TPSA) is 133 Å². The van der Waals surface area contributed by atoms with Crippen molar-refractivity contribution >= 4 is 29.2 Å². The molecule has 10 heteroatoms. The van der Waals surface area contributed by atoms with Gasteiger partial charge in [0.05, 0.1) is 4.92 Å². The fourth-order valence-corrected chi connectivity index (χ4v) is 2.68. The highest BCUT2D eigenvalue weighted by molar-refractivity contribution is 5.97. The average Bonchev–Trinajstić information content (AvgIpc) is 2.61. The monoisotopic (exact) mass is 364 g/mol. The van der Waals surface area contributed by atoms with E-state index in [0.717, 1.165) is 6.07 Å². The molecule has 0 unspecified atom stereocenters. The Morgan fingerprint density at radius 2 is 1.85 bits per heavy atom. The van der Waals surface area contributed by atoms with Crippen LogP contribution in [0, 0.1) is 10.1 Å². The van der Waals surface area contributed by atoms with Gasteiger partial charge < -0.3 is 20.2 Å². The molecule has 1 aliphatic rings. The third kappa shape index (κ3) is 4.26. The van der Waals surface area contributed by atoms with E-state index in [2.05, 4.69) is 5.32 Å². The summed E-state index contributed by atoms with van der Waals surface area (Å²) in [7, 11) is 0. The molecule has 2 amide bonds. The number of anilines is 1. The van der Waals surface area contributed by atoms with Gasteiger partial charge in [-0.2, -0.15) is 0 Å². The van der Waals surface area contributed by atoms with Crippen LogP contribution in [0.25, 0.3) is 0 Å². The van der Waals surface area contributed by atoms with Crippen molar-refractivity contribution in [3.8, 4) is 0 Å². The van der Waals surface area contributed by atoms with Crippen molar-refractivity contribution < 1.29 is 24.4 Å². The first-order chi connectivity index (χ1) is 12.2. The molecule has 0 spiro atoms. The Morgan fingerprint density at radius 3 is 2.35 bits per heavy atom. The van der Waals surface area contributed by atoms with Crippen LogP contribution in [0.2, 0.25) is 0 Å². The summed E-state index contributed by atoms with van der Waals surface area (Å²) in [6.07, 6.45) is 0. The first kappa shape index (κ1) is 19.2. The number of hydrogen-bond donors (Lipinski definition) is 2. The van der Waals surface area contributed by atoms with Crippen LogP contribution in [0.4, 0.5) is 11.4 Å². The molecule has 1 aliphatic heterocycles. The second-order valence-corrected chi connectivity index (χ2v) is 5.99. The number of nitrogens with zero attached hydrogens (tertiary/aromatic N) is 3. The Kier molecular flexibility index (Phi) is 5.75. The minimum absolute atomic E-state index is 0.0101. The molecule has 0 saturated carbocycles. The van der Waals surface area contributed by atoms with Crippen molar-refractivity contribution in [2.45, 2.75) is 19.9 Å². The highest BCUT2D eigenvalue weighted by atomic mass is 16.6. The van der Waals surface area contributed by atoms with Gasteiger partial charge in [-0.15, -0.1) is 0 Å². The fraction of sp³-hybridized carbons (Fsp3) is 0.438. The Bertz CT molecular complexity index is 742. The zero-order valence-electron chi connectivity index (χ0n) is 14.5. The number of aliphatic carboxylic acids is 1. The lowest BCUT2D eigenvalue weighted by atomic mass is 10.1. The number of carbonyl (C=O) groups is 3. The standard InChI is InChI=1S/C16H20N4O6/c1-10(16(23)24)17-15(22)12-3-4-13(14(9-12)20(25)26)19-7-5-18(6-8-19)11(2)21/h3-4,9-10H,5-8H2,1-2H3,(H,17,22)(H,23,24)/t10-/m1/s1. The number of nitro groups is 1. The third-order valence-corrected chi connectivity index (χ3v) is 4.22. The van der Waals surface area contributed by atoms with Crippen molar-refractivity contribution in [1.82, 2.24) is 10.2 Å². The van der Waals surface area contributed by atoms with E-state index in [1.807, 2.05) is 0 Å². The van der Waals surface area contributed by atoms with Gasteiger partial charge in [-0.1, -0.05) is 0 Å². The summed E-state index contributed by atoms with van der Waals surface area (Å²) in [5, 5.41) is 22.5. The second-order valence-electron chi connectivity index (χ2n) is 5.99. The highest BCUT2D eigenvalue weighted by Crippen LogP contribution is 2.30. The van der Waals surface area contributed by atoms with Crippen LogP contribution in [0.15, 0.2) is 18.2 Å². The van der Waals surface area contributed by atoms with Crippen LogP contribution < -0.4 is 10.2 Å². The molecule has 1 saturated heterocycles. The molecule has 2 rings (SSSR count). The van der Waals surface area contributed by atoms with Gasteiger partial charge in [0.25, 0.3) is 11.6 Å². The predicted octanol–water partition coefficient (Wildman–Crippen LogP) is 0.466. The number of amides is 2. The number of rotatable bonds is 5. The van der Waals surface area contributed by atoms with Gasteiger partial charge in [0.15, 0.2) is 0 Å². The normalized spacial score (nSPS) is 15.3. The summed E-state index contributed by atoms with van der Waals surface area (Å²) >= 11 is 0. The largest absolute Gasteiger partial charge is 0.480 e. The minimum Gasteiger partial charge on any atom is -0.480 e. The Morgan fingerprint density at radius 1 is 1.23 bits per heavy atom. The van der Waals surface area contributed by atoms with Crippen LogP contribution in [0.3, 0.4) is 0 Å². The van der Waals surface area contributed by atoms with Gasteiger partial charge in [0.2, 0.25) is 5.91 Å². The van der Waals surface area contributed by atoms with Crippen molar-refractivity contribution in [2.24, 2.45) is 0 Å². The van der Waals surface area contributed by atoms with E-state index in [4.69, 9.17) is 5.11 Å². The summed E-state index contributed by atoms with van der Waals surface area (Å²) in [5.74, 6) is -1.94. The summed E-state index contributed by atoms with van der Waals surface area (Å²) < 4.78 is 0. The maximum absolute atomic E-state index is 12.1. The number of benzene rings is 1. The smallest absolute Gasteiger partial charge is 0.325 e. The Balaban J connectivity index is 2.22. The molecule has 1 aromatic rings. The van der Waals surface area contributed by atoms with Crippen LogP contribution in [0.5, 0.6) is 0 Å². The van der Waals surface area contributed by atoms with E-state index >= 15 is 0 Å². The molecule has 1 atom stereocenters. The van der Waals surface area contributed by atoms with E-state index in [0.29, 0.717) is 31.9 Å². The lowest BCUT2D eigenvalue weighted by Crippen LogP contribution is -2.48. The number of nitro benzene ring substituents is 1. The van der Waals surface area contributed by atoms with E-state index in [-0.39, 0.29) is 17.2 Å². The third-order valence-electron chi connectivity index (χ3n) is 4.22. The maximum Gasteiger partial charge on any atom is 0.325 e. The van der Waals surface area contributed by atoms with Crippen molar-refractivity contribution in [3.63, 3.8) is 0 Å². The number of piperazine rings is 1. The van der Waals surface area contributed by atoms with Crippen molar-refractivity contribution in [1.29, 1.82) is 0 Å². The number of carbonyl (C=O) groups excluding carboxylic acids is 2. The SMILES string of the molecule is CC(=O)N1CCN(c2ccc(C(=O)N[C@H](C)C(=O)O)cc2[N+](=O)[O-])CC1. The van der Waals surface area contributed by atoms with Crippen LogP contribution in [-0.2, 0) is 9.59 Å². The molecule has 140 valence electrons. The first-order valence-electron chi connectivity index (χ1n) is 8.03. The van der Waals surface area contributed by atoms with Gasteiger partial charge in [0, 0.05) is 44.7 Å². The first-order valence-corrected chi connectivity index (χ1v) is 8.03. The molecule has 10 nitrogen and oxygen atoms in total. The van der Waals surface area contributed by atoms with Gasteiger partial charge in [0.1, 0.15) is 11.7 Å². The quantitative estimate of drug-likeness (QED) is 0.573. The summed E-state index contributed by atoms with van der Waals surface area (Å²) in [6.45, 7) is 4.60. The molecule has 1 fully saturated rings. The van der Waals surface area contributed by atoms with E-state index < -0.39 is 22.8 Å². The Hall–Kier alpha value is -3.17. The summed E-state index contributed by atoms with van der Waals surface area (Å²) in [4.78, 5) is 48.6. The molecule has 1 aromatic carbocycles. The predicted molar refractivity (Wildman–Crippen MR) is 92.1 cm³/mol. The average molecular weight is 364 g/mol. The summed E-state index contributed by atoms with van der Waals surface area (Å²) in [6, 6.07) is 2.92. The minimum atomic E-state index is -1.20. The molecule has 26 heavy (non-hydrogen) atoms. The molecule has 0 radical (unpaired) electrons. The molecule has 1 heterocycles. The van der Waals surface area contributed by atoms with E-state index in [1.54, 1.807) is 9.80 Å². The number of nitrogens with one attached hydrogen (secondary N) is 1. The van der Waals surface area contributed by atoms with E-state index in [1.165, 1.54) is 26.0 Å². The molecule has 0 aromatic heterocycles. The molecule has 0 aliphatic carbocycles.